The highest BCUT2D eigenvalue weighted by atomic mass is 32.2. The molecule has 1 aliphatic carbocycles. The van der Waals surface area contributed by atoms with Gasteiger partial charge < -0.3 is 5.32 Å². The molecule has 2 aromatic rings. The van der Waals surface area contributed by atoms with Gasteiger partial charge in [0.15, 0.2) is 0 Å². The molecular formula is C21H23N3O3S2. The van der Waals surface area contributed by atoms with Gasteiger partial charge in [-0.25, -0.2) is 8.42 Å². The molecule has 4 rings (SSSR count). The van der Waals surface area contributed by atoms with E-state index in [4.69, 9.17) is 0 Å². The molecule has 1 atom stereocenters. The molecule has 0 saturated carbocycles. The van der Waals surface area contributed by atoms with E-state index < -0.39 is 10.0 Å². The lowest BCUT2D eigenvalue weighted by molar-refractivity contribution is 0.102. The fourth-order valence-electron chi connectivity index (χ4n) is 4.13. The first-order valence-electron chi connectivity index (χ1n) is 9.89. The minimum Gasteiger partial charge on any atom is -0.312 e. The van der Waals surface area contributed by atoms with Gasteiger partial charge in [-0.2, -0.15) is 9.57 Å². The molecule has 1 N–H and O–H groups in total. The number of nitriles is 1. The van der Waals surface area contributed by atoms with E-state index in [1.54, 1.807) is 4.31 Å². The molecule has 1 saturated heterocycles. The lowest BCUT2D eigenvalue weighted by atomic mass is 10.1. The molecule has 1 aliphatic heterocycles. The van der Waals surface area contributed by atoms with Gasteiger partial charge in [0.1, 0.15) is 11.1 Å². The average molecular weight is 430 g/mol. The Labute approximate surface area is 175 Å². The number of aryl methyl sites for hydroxylation is 1. The van der Waals surface area contributed by atoms with Gasteiger partial charge in [0.25, 0.3) is 5.91 Å². The monoisotopic (exact) mass is 429 g/mol. The van der Waals surface area contributed by atoms with Crippen molar-refractivity contribution in [2.45, 2.75) is 56.4 Å². The van der Waals surface area contributed by atoms with Crippen molar-refractivity contribution in [3.8, 4) is 6.07 Å². The van der Waals surface area contributed by atoms with Crippen molar-refractivity contribution in [1.29, 1.82) is 5.26 Å². The third-order valence-electron chi connectivity index (χ3n) is 5.73. The fraction of sp³-hybridized carbons (Fsp3) is 0.429. The van der Waals surface area contributed by atoms with Crippen LogP contribution in [-0.4, -0.2) is 31.2 Å². The van der Waals surface area contributed by atoms with Crippen LogP contribution in [0.5, 0.6) is 0 Å². The molecular weight excluding hydrogens is 406 g/mol. The van der Waals surface area contributed by atoms with Gasteiger partial charge in [0.05, 0.1) is 10.5 Å². The van der Waals surface area contributed by atoms with Gasteiger partial charge in [0, 0.05) is 23.0 Å². The standard InChI is InChI=1S/C21H23N3O3S2/c1-14-5-2-3-12-24(14)29(26,27)16-10-8-15(9-11-16)20(25)23-21-18(13-22)17-6-4-7-19(17)28-21/h8-11,14H,2-7,12H2,1H3,(H,23,25). The Morgan fingerprint density at radius 2 is 1.97 bits per heavy atom. The molecule has 1 aromatic carbocycles. The second-order valence-corrected chi connectivity index (χ2v) is 10.6. The highest BCUT2D eigenvalue weighted by Gasteiger charge is 2.31. The second kappa shape index (κ2) is 7.90. The minimum absolute atomic E-state index is 0.0121. The molecule has 8 heteroatoms. The number of piperidine rings is 1. The Bertz CT molecular complexity index is 1080. The summed E-state index contributed by atoms with van der Waals surface area (Å²) in [7, 11) is -3.56. The van der Waals surface area contributed by atoms with Crippen molar-refractivity contribution >= 4 is 32.3 Å². The summed E-state index contributed by atoms with van der Waals surface area (Å²) in [5, 5.41) is 12.9. The molecule has 152 valence electrons. The van der Waals surface area contributed by atoms with Crippen LogP contribution in [0.1, 0.15) is 59.0 Å². The summed E-state index contributed by atoms with van der Waals surface area (Å²) < 4.78 is 27.4. The Hall–Kier alpha value is -2.21. The van der Waals surface area contributed by atoms with Crippen molar-refractivity contribution < 1.29 is 13.2 Å². The maximum Gasteiger partial charge on any atom is 0.256 e. The molecule has 1 unspecified atom stereocenters. The molecule has 2 heterocycles. The van der Waals surface area contributed by atoms with Gasteiger partial charge in [-0.1, -0.05) is 6.42 Å². The maximum atomic E-state index is 12.9. The van der Waals surface area contributed by atoms with E-state index in [0.29, 0.717) is 22.7 Å². The van der Waals surface area contributed by atoms with Crippen LogP contribution in [0.4, 0.5) is 5.00 Å². The third-order valence-corrected chi connectivity index (χ3v) is 8.96. The lowest BCUT2D eigenvalue weighted by Gasteiger charge is -2.32. The second-order valence-electron chi connectivity index (χ2n) is 7.61. The summed E-state index contributed by atoms with van der Waals surface area (Å²) in [6, 6.07) is 8.25. The van der Waals surface area contributed by atoms with Gasteiger partial charge in [-0.15, -0.1) is 11.3 Å². The van der Waals surface area contributed by atoms with E-state index in [1.807, 2.05) is 6.92 Å². The van der Waals surface area contributed by atoms with Crippen molar-refractivity contribution in [2.24, 2.45) is 0 Å². The first-order valence-corrected chi connectivity index (χ1v) is 12.2. The molecule has 0 bridgehead atoms. The first kappa shape index (κ1) is 20.1. The predicted octanol–water partition coefficient (Wildman–Crippen LogP) is 3.92. The lowest BCUT2D eigenvalue weighted by Crippen LogP contribution is -2.41. The van der Waals surface area contributed by atoms with E-state index in [9.17, 15) is 18.5 Å². The van der Waals surface area contributed by atoms with E-state index in [-0.39, 0.29) is 16.8 Å². The highest BCUT2D eigenvalue weighted by molar-refractivity contribution is 7.89. The van der Waals surface area contributed by atoms with Gasteiger partial charge in [-0.05, 0) is 68.9 Å². The number of carbonyl (C=O) groups is 1. The summed E-state index contributed by atoms with van der Waals surface area (Å²) in [4.78, 5) is 14.0. The van der Waals surface area contributed by atoms with Gasteiger partial charge in [-0.3, -0.25) is 4.79 Å². The topological polar surface area (TPSA) is 90.3 Å². The Balaban J connectivity index is 1.52. The average Bonchev–Trinajstić information content (AvgIpc) is 3.29. The Morgan fingerprint density at radius 3 is 2.66 bits per heavy atom. The van der Waals surface area contributed by atoms with Crippen LogP contribution in [0.3, 0.4) is 0 Å². The number of hydrogen-bond donors (Lipinski definition) is 1. The van der Waals surface area contributed by atoms with Crippen LogP contribution < -0.4 is 5.32 Å². The Morgan fingerprint density at radius 1 is 1.21 bits per heavy atom. The van der Waals surface area contributed by atoms with Crippen molar-refractivity contribution in [1.82, 2.24) is 4.31 Å². The zero-order chi connectivity index (χ0) is 20.6. The first-order chi connectivity index (χ1) is 13.9. The van der Waals surface area contributed by atoms with E-state index in [2.05, 4.69) is 11.4 Å². The van der Waals surface area contributed by atoms with Crippen LogP contribution in [0, 0.1) is 11.3 Å². The van der Waals surface area contributed by atoms with E-state index in [0.717, 1.165) is 44.1 Å². The zero-order valence-corrected chi connectivity index (χ0v) is 17.9. The third kappa shape index (κ3) is 3.70. The van der Waals surface area contributed by atoms with Crippen molar-refractivity contribution in [3.63, 3.8) is 0 Å². The summed E-state index contributed by atoms with van der Waals surface area (Å²) >= 11 is 1.47. The molecule has 0 radical (unpaired) electrons. The summed E-state index contributed by atoms with van der Waals surface area (Å²) in [5.74, 6) is -0.336. The smallest absolute Gasteiger partial charge is 0.256 e. The van der Waals surface area contributed by atoms with Crippen molar-refractivity contribution in [2.75, 3.05) is 11.9 Å². The van der Waals surface area contributed by atoms with Crippen LogP contribution in [-0.2, 0) is 22.9 Å². The number of fused-ring (bicyclic) bond motifs is 1. The maximum absolute atomic E-state index is 12.9. The number of amides is 1. The van der Waals surface area contributed by atoms with Gasteiger partial charge >= 0.3 is 0 Å². The van der Waals surface area contributed by atoms with E-state index >= 15 is 0 Å². The number of thiophene rings is 1. The molecule has 1 fully saturated rings. The number of nitrogens with one attached hydrogen (secondary N) is 1. The van der Waals surface area contributed by atoms with Crippen LogP contribution in [0.25, 0.3) is 0 Å². The van der Waals surface area contributed by atoms with E-state index in [1.165, 1.54) is 40.5 Å². The number of benzene rings is 1. The summed E-state index contributed by atoms with van der Waals surface area (Å²) in [6.07, 6.45) is 5.67. The van der Waals surface area contributed by atoms with Crippen LogP contribution in [0.2, 0.25) is 0 Å². The normalized spacial score (nSPS) is 19.5. The number of nitrogens with zero attached hydrogens (tertiary/aromatic N) is 2. The molecule has 0 spiro atoms. The zero-order valence-electron chi connectivity index (χ0n) is 16.3. The SMILES string of the molecule is CC1CCCCN1S(=O)(=O)c1ccc(C(=O)Nc2sc3c(c2C#N)CCC3)cc1. The van der Waals surface area contributed by atoms with Crippen LogP contribution in [0.15, 0.2) is 29.2 Å². The number of rotatable bonds is 4. The van der Waals surface area contributed by atoms with Crippen LogP contribution >= 0.6 is 11.3 Å². The number of sulfonamides is 1. The summed E-state index contributed by atoms with van der Waals surface area (Å²) in [5.41, 5.74) is 1.99. The van der Waals surface area contributed by atoms with Gasteiger partial charge in [0.2, 0.25) is 10.0 Å². The largest absolute Gasteiger partial charge is 0.312 e. The minimum atomic E-state index is -3.56. The molecule has 1 amide bonds. The van der Waals surface area contributed by atoms with Crippen molar-refractivity contribution in [3.05, 3.63) is 45.8 Å². The predicted molar refractivity (Wildman–Crippen MR) is 113 cm³/mol. The molecule has 1 aromatic heterocycles. The number of anilines is 1. The summed E-state index contributed by atoms with van der Waals surface area (Å²) in [6.45, 7) is 2.47. The number of hydrogen-bond acceptors (Lipinski definition) is 5. The molecule has 29 heavy (non-hydrogen) atoms. The fourth-order valence-corrected chi connectivity index (χ4v) is 7.06. The molecule has 6 nitrogen and oxygen atoms in total. The number of carbonyl (C=O) groups excluding carboxylic acids is 1. The Kier molecular flexibility index (Phi) is 5.47. The highest BCUT2D eigenvalue weighted by Crippen LogP contribution is 2.38. The molecule has 2 aliphatic rings. The quantitative estimate of drug-likeness (QED) is 0.797.